The van der Waals surface area contributed by atoms with Gasteiger partial charge in [0.15, 0.2) is 11.6 Å². The third kappa shape index (κ3) is 4.45. The predicted molar refractivity (Wildman–Crippen MR) is 262 cm³/mol. The highest BCUT2D eigenvalue weighted by atomic mass is 15.2. The maximum Gasteiger partial charge on any atom is 0.238 e. The molecule has 0 bridgehead atoms. The highest BCUT2D eigenvalue weighted by Gasteiger charge is 2.40. The first-order chi connectivity index (χ1) is 31.8. The first-order valence-corrected chi connectivity index (χ1v) is 22.1. The second-order valence-electron chi connectivity index (χ2n) is 17.5. The summed E-state index contributed by atoms with van der Waals surface area (Å²) in [5, 5.41) is 13.6. The highest BCUT2D eigenvalue weighted by Crippen LogP contribution is 2.50. The molecule has 8 aromatic carbocycles. The van der Waals surface area contributed by atoms with Crippen molar-refractivity contribution in [3.8, 4) is 34.4 Å². The Bertz CT molecular complexity index is 4100. The van der Waals surface area contributed by atoms with E-state index in [9.17, 15) is 0 Å². The van der Waals surface area contributed by atoms with Crippen LogP contribution in [0.4, 0.5) is 0 Å². The SMILES string of the molecule is C1=CC2=c3c(n(-c4nc(-c5ccccc5)nc(-c5ccccc5)n4)c4c3ccc3c5c6cccc7ccc8cccc(c8c76)c5n(-c5ccccc5)c34)=C3C=CC=C4C=CC(=C1)C2C43. The van der Waals surface area contributed by atoms with Crippen LogP contribution in [-0.4, -0.2) is 24.1 Å². The number of rotatable bonds is 4. The molecule has 0 amide bonds. The molecule has 0 aliphatic heterocycles. The fourth-order valence-electron chi connectivity index (χ4n) is 11.7. The number of hydrogen-bond donors (Lipinski definition) is 0. The lowest BCUT2D eigenvalue weighted by Crippen LogP contribution is -2.44. The van der Waals surface area contributed by atoms with Crippen LogP contribution in [0.25, 0.3) is 111 Å². The minimum atomic E-state index is 0.148. The van der Waals surface area contributed by atoms with Crippen molar-refractivity contribution in [3.05, 3.63) is 222 Å². The summed E-state index contributed by atoms with van der Waals surface area (Å²) in [5.74, 6) is 2.20. The lowest BCUT2D eigenvalue weighted by molar-refractivity contribution is 0.632. The van der Waals surface area contributed by atoms with Gasteiger partial charge in [-0.05, 0) is 61.4 Å². The molecule has 3 heterocycles. The molecular weight excluding hydrogens is 779 g/mol. The van der Waals surface area contributed by atoms with Crippen molar-refractivity contribution >= 4 is 76.2 Å². The van der Waals surface area contributed by atoms with Gasteiger partial charge in [-0.3, -0.25) is 4.57 Å². The molecule has 2 atom stereocenters. The summed E-state index contributed by atoms with van der Waals surface area (Å²) in [6.45, 7) is 0. The van der Waals surface area contributed by atoms with E-state index in [0.29, 0.717) is 17.6 Å². The van der Waals surface area contributed by atoms with Crippen LogP contribution in [0.1, 0.15) is 0 Å². The minimum absolute atomic E-state index is 0.148. The smallest absolute Gasteiger partial charge is 0.238 e. The summed E-state index contributed by atoms with van der Waals surface area (Å²) >= 11 is 0. The minimum Gasteiger partial charge on any atom is -0.307 e. The Morgan fingerprint density at radius 3 is 1.61 bits per heavy atom. The maximum atomic E-state index is 5.53. The van der Waals surface area contributed by atoms with E-state index in [1.807, 2.05) is 12.1 Å². The molecule has 11 aromatic rings. The number of para-hydroxylation sites is 1. The van der Waals surface area contributed by atoms with Gasteiger partial charge in [-0.15, -0.1) is 0 Å². The Labute approximate surface area is 366 Å². The number of benzene rings is 8. The van der Waals surface area contributed by atoms with Crippen LogP contribution < -0.4 is 10.6 Å². The summed E-state index contributed by atoms with van der Waals surface area (Å²) in [5.41, 5.74) is 11.7. The van der Waals surface area contributed by atoms with E-state index in [1.165, 1.54) is 81.5 Å². The number of aromatic nitrogens is 5. The van der Waals surface area contributed by atoms with Crippen LogP contribution in [0, 0.1) is 11.8 Å². The van der Waals surface area contributed by atoms with Crippen molar-refractivity contribution in [3.63, 3.8) is 0 Å². The van der Waals surface area contributed by atoms with Gasteiger partial charge >= 0.3 is 0 Å². The number of nitrogens with zero attached hydrogens (tertiary/aromatic N) is 5. The van der Waals surface area contributed by atoms with Crippen molar-refractivity contribution in [2.75, 3.05) is 0 Å². The van der Waals surface area contributed by atoms with Gasteiger partial charge in [0.05, 0.1) is 21.9 Å². The zero-order valence-electron chi connectivity index (χ0n) is 34.4. The van der Waals surface area contributed by atoms with Gasteiger partial charge in [0.1, 0.15) is 0 Å². The standard InChI is InChI=1S/C59H35N5/c1-4-14-38(15-5-1)57-60-58(39-16-6-2-7-17-39)62-59(61-57)64-54-44-27-13-21-37-31-29-35-19-11-25-42(48(35)50(37)44)52(54)46-33-32-45-51-41-24-10-18-34-28-30-36-20-12-26-43(49(36)47(34)41)53(51)63(55(45)56(46)64)40-22-8-3-9-23-40/h1-33,48,50H. The Morgan fingerprint density at radius 2 is 0.938 bits per heavy atom. The van der Waals surface area contributed by atoms with Crippen LogP contribution in [0.15, 0.2) is 211 Å². The largest absolute Gasteiger partial charge is 0.307 e. The summed E-state index contributed by atoms with van der Waals surface area (Å²) in [7, 11) is 0. The summed E-state index contributed by atoms with van der Waals surface area (Å²) < 4.78 is 4.96. The monoisotopic (exact) mass is 813 g/mol. The van der Waals surface area contributed by atoms with E-state index in [1.54, 1.807) is 0 Å². The Balaban J connectivity index is 1.23. The molecule has 0 saturated heterocycles. The van der Waals surface area contributed by atoms with Crippen molar-refractivity contribution in [2.24, 2.45) is 11.8 Å². The number of fused-ring (bicyclic) bond motifs is 9. The molecule has 5 nitrogen and oxygen atoms in total. The lowest BCUT2D eigenvalue weighted by atomic mass is 9.64. The number of hydrogen-bond acceptors (Lipinski definition) is 3. The van der Waals surface area contributed by atoms with Crippen molar-refractivity contribution < 1.29 is 0 Å². The molecule has 296 valence electrons. The first kappa shape index (κ1) is 34.2. The topological polar surface area (TPSA) is 48.5 Å². The lowest BCUT2D eigenvalue weighted by Gasteiger charge is -2.39. The zero-order valence-corrected chi connectivity index (χ0v) is 34.4. The highest BCUT2D eigenvalue weighted by molar-refractivity contribution is 6.39. The molecule has 0 saturated carbocycles. The normalized spacial score (nSPS) is 17.3. The molecule has 2 unspecified atom stereocenters. The van der Waals surface area contributed by atoms with Crippen LogP contribution in [-0.2, 0) is 0 Å². The van der Waals surface area contributed by atoms with Crippen LogP contribution >= 0.6 is 0 Å². The van der Waals surface area contributed by atoms with Crippen LogP contribution in [0.3, 0.4) is 0 Å². The van der Waals surface area contributed by atoms with Gasteiger partial charge in [0.25, 0.3) is 0 Å². The summed E-state index contributed by atoms with van der Waals surface area (Å²) in [6.07, 6.45) is 18.4. The average Bonchev–Trinajstić information content (AvgIpc) is 3.91. The van der Waals surface area contributed by atoms with Crippen molar-refractivity contribution in [1.82, 2.24) is 24.1 Å². The molecular formula is C59H35N5. The summed E-state index contributed by atoms with van der Waals surface area (Å²) in [6, 6.07) is 54.5. The zero-order chi connectivity index (χ0) is 41.6. The Morgan fingerprint density at radius 1 is 0.391 bits per heavy atom. The third-order valence-electron chi connectivity index (χ3n) is 14.3. The fraction of sp³-hybridized carbons (Fsp3) is 0.0339. The molecule has 64 heavy (non-hydrogen) atoms. The van der Waals surface area contributed by atoms with E-state index in [4.69, 9.17) is 15.0 Å². The molecule has 0 radical (unpaired) electrons. The molecule has 0 fully saturated rings. The summed E-state index contributed by atoms with van der Waals surface area (Å²) in [4.78, 5) is 16.3. The van der Waals surface area contributed by atoms with Gasteiger partial charge < -0.3 is 4.57 Å². The predicted octanol–water partition coefficient (Wildman–Crippen LogP) is 12.3. The van der Waals surface area contributed by atoms with Crippen LogP contribution in [0.2, 0.25) is 0 Å². The number of allylic oxidation sites excluding steroid dienone is 10. The second kappa shape index (κ2) is 12.6. The fourth-order valence-corrected chi connectivity index (χ4v) is 11.7. The first-order valence-electron chi connectivity index (χ1n) is 22.1. The van der Waals surface area contributed by atoms with E-state index in [-0.39, 0.29) is 11.8 Å². The molecule has 0 spiro atoms. The van der Waals surface area contributed by atoms with Crippen LogP contribution in [0.5, 0.6) is 0 Å². The van der Waals surface area contributed by atoms with Crippen molar-refractivity contribution in [2.45, 2.75) is 0 Å². The van der Waals surface area contributed by atoms with E-state index < -0.39 is 0 Å². The molecule has 4 aliphatic rings. The van der Waals surface area contributed by atoms with E-state index in [2.05, 4.69) is 197 Å². The van der Waals surface area contributed by atoms with E-state index in [0.717, 1.165) is 33.2 Å². The van der Waals surface area contributed by atoms with Gasteiger partial charge in [-0.2, -0.15) is 9.97 Å². The Kier molecular flexibility index (Phi) is 6.73. The average molecular weight is 814 g/mol. The Hall–Kier alpha value is -8.41. The van der Waals surface area contributed by atoms with Gasteiger partial charge in [0.2, 0.25) is 5.95 Å². The van der Waals surface area contributed by atoms with Crippen molar-refractivity contribution in [1.29, 1.82) is 0 Å². The van der Waals surface area contributed by atoms with Gasteiger partial charge in [-0.25, -0.2) is 4.98 Å². The molecule has 3 aromatic heterocycles. The molecule has 5 heteroatoms. The maximum absolute atomic E-state index is 5.53. The second-order valence-corrected chi connectivity index (χ2v) is 17.5. The van der Waals surface area contributed by atoms with Gasteiger partial charge in [0, 0.05) is 55.4 Å². The molecule has 15 rings (SSSR count). The van der Waals surface area contributed by atoms with E-state index >= 15 is 0 Å². The van der Waals surface area contributed by atoms with Gasteiger partial charge in [-0.1, -0.05) is 188 Å². The molecule has 0 N–H and O–H groups in total. The quantitative estimate of drug-likeness (QED) is 0.166. The third-order valence-corrected chi connectivity index (χ3v) is 14.3. The molecule has 4 aliphatic carbocycles.